The summed E-state index contributed by atoms with van der Waals surface area (Å²) in [6, 6.07) is 0. The normalized spacial score (nSPS) is 16.4. The van der Waals surface area contributed by atoms with Crippen molar-refractivity contribution in [3.05, 3.63) is 0 Å². The molecule has 2 N–H and O–H groups in total. The number of unbranched alkanes of at least 4 members (excludes halogenated alkanes) is 2. The Morgan fingerprint density at radius 1 is 0.846 bits per heavy atom. The number of aliphatic hydroxyl groups excluding tert-OH is 2. The van der Waals surface area contributed by atoms with Gasteiger partial charge in [-0.25, -0.2) is 0 Å². The third-order valence-corrected chi connectivity index (χ3v) is 4.05. The lowest BCUT2D eigenvalue weighted by atomic mass is 10.1. The van der Waals surface area contributed by atoms with Crippen LogP contribution in [0.5, 0.6) is 0 Å². The molecule has 158 valence electrons. The standard InChI is InChI=1S/C20H42O6/c1-5-7-12-23-14-9-15-25-19(10-11-21)20(18(4)22)26-17(3)16-24-13-8-6-2/h17-22H,5-16H2,1-4H3. The molecule has 0 aromatic carbocycles. The molecule has 0 saturated heterocycles. The highest BCUT2D eigenvalue weighted by Gasteiger charge is 2.29. The Morgan fingerprint density at radius 2 is 1.46 bits per heavy atom. The van der Waals surface area contributed by atoms with Crippen LogP contribution in [-0.2, 0) is 18.9 Å². The quantitative estimate of drug-likeness (QED) is 0.337. The van der Waals surface area contributed by atoms with Gasteiger partial charge in [0.15, 0.2) is 0 Å². The van der Waals surface area contributed by atoms with Gasteiger partial charge in [0.1, 0.15) is 6.10 Å². The lowest BCUT2D eigenvalue weighted by Crippen LogP contribution is -2.43. The molecule has 0 aliphatic rings. The van der Waals surface area contributed by atoms with Crippen molar-refractivity contribution in [2.24, 2.45) is 0 Å². The van der Waals surface area contributed by atoms with Crippen LogP contribution in [-0.4, -0.2) is 74.3 Å². The molecule has 0 aliphatic carbocycles. The Labute approximate surface area is 160 Å². The van der Waals surface area contributed by atoms with Gasteiger partial charge in [-0.15, -0.1) is 0 Å². The molecule has 0 aliphatic heterocycles. The SMILES string of the molecule is CCCCOCCCOC(CCO)C(OC(C)COCCCC)C(C)O. The van der Waals surface area contributed by atoms with Crippen LogP contribution in [0, 0.1) is 0 Å². The van der Waals surface area contributed by atoms with Crippen molar-refractivity contribution in [1.82, 2.24) is 0 Å². The fourth-order valence-electron chi connectivity index (χ4n) is 2.53. The lowest BCUT2D eigenvalue weighted by molar-refractivity contribution is -0.154. The van der Waals surface area contributed by atoms with E-state index in [0.29, 0.717) is 26.2 Å². The molecule has 6 nitrogen and oxygen atoms in total. The second-order valence-electron chi connectivity index (χ2n) is 6.82. The molecule has 26 heavy (non-hydrogen) atoms. The van der Waals surface area contributed by atoms with Gasteiger partial charge in [-0.1, -0.05) is 26.7 Å². The highest BCUT2D eigenvalue weighted by Crippen LogP contribution is 2.16. The zero-order chi connectivity index (χ0) is 19.6. The molecule has 4 unspecified atom stereocenters. The molecular formula is C20H42O6. The first-order valence-corrected chi connectivity index (χ1v) is 10.3. The average molecular weight is 379 g/mol. The monoisotopic (exact) mass is 378 g/mol. The zero-order valence-electron chi connectivity index (χ0n) is 17.3. The van der Waals surface area contributed by atoms with Crippen molar-refractivity contribution in [1.29, 1.82) is 0 Å². The minimum atomic E-state index is -0.689. The van der Waals surface area contributed by atoms with Crippen LogP contribution in [0.4, 0.5) is 0 Å². The first-order valence-electron chi connectivity index (χ1n) is 10.3. The van der Waals surface area contributed by atoms with Gasteiger partial charge < -0.3 is 29.2 Å². The minimum absolute atomic E-state index is 0.00831. The van der Waals surface area contributed by atoms with E-state index in [9.17, 15) is 10.2 Å². The van der Waals surface area contributed by atoms with E-state index in [1.807, 2.05) is 6.92 Å². The van der Waals surface area contributed by atoms with Gasteiger partial charge in [0.05, 0.1) is 24.9 Å². The molecular weight excluding hydrogens is 336 g/mol. The number of hydrogen-bond donors (Lipinski definition) is 2. The fourth-order valence-corrected chi connectivity index (χ4v) is 2.53. The summed E-state index contributed by atoms with van der Waals surface area (Å²) < 4.78 is 23.0. The van der Waals surface area contributed by atoms with Crippen LogP contribution < -0.4 is 0 Å². The highest BCUT2D eigenvalue weighted by molar-refractivity contribution is 4.77. The van der Waals surface area contributed by atoms with Gasteiger partial charge in [0.2, 0.25) is 0 Å². The third-order valence-electron chi connectivity index (χ3n) is 4.05. The zero-order valence-corrected chi connectivity index (χ0v) is 17.3. The maximum absolute atomic E-state index is 10.1. The van der Waals surface area contributed by atoms with Crippen molar-refractivity contribution in [3.8, 4) is 0 Å². The maximum atomic E-state index is 10.1. The summed E-state index contributed by atoms with van der Waals surface area (Å²) in [4.78, 5) is 0. The molecule has 0 aromatic rings. The lowest BCUT2D eigenvalue weighted by Gasteiger charge is -2.31. The van der Waals surface area contributed by atoms with Gasteiger partial charge >= 0.3 is 0 Å². The van der Waals surface area contributed by atoms with E-state index in [0.717, 1.165) is 45.3 Å². The topological polar surface area (TPSA) is 77.4 Å². The summed E-state index contributed by atoms with van der Waals surface area (Å²) in [6.45, 7) is 11.0. The molecule has 0 spiro atoms. The Hall–Kier alpha value is -0.240. The summed E-state index contributed by atoms with van der Waals surface area (Å²) in [7, 11) is 0. The predicted molar refractivity (Wildman–Crippen MR) is 104 cm³/mol. The van der Waals surface area contributed by atoms with Gasteiger partial charge in [-0.05, 0) is 39.5 Å². The first-order chi connectivity index (χ1) is 12.6. The van der Waals surface area contributed by atoms with E-state index >= 15 is 0 Å². The van der Waals surface area contributed by atoms with Gasteiger partial charge in [-0.2, -0.15) is 0 Å². The summed E-state index contributed by atoms with van der Waals surface area (Å²) in [5.41, 5.74) is 0. The predicted octanol–water partition coefficient (Wildman–Crippen LogP) is 2.93. The number of rotatable bonds is 19. The second-order valence-corrected chi connectivity index (χ2v) is 6.82. The Kier molecular flexibility index (Phi) is 18.0. The molecule has 4 atom stereocenters. The van der Waals surface area contributed by atoms with Crippen molar-refractivity contribution in [2.75, 3.05) is 39.6 Å². The van der Waals surface area contributed by atoms with Crippen LogP contribution in [0.1, 0.15) is 66.2 Å². The van der Waals surface area contributed by atoms with E-state index in [-0.39, 0.29) is 18.8 Å². The van der Waals surface area contributed by atoms with E-state index in [1.165, 1.54) is 0 Å². The molecule has 0 amide bonds. The second kappa shape index (κ2) is 18.1. The molecule has 0 fully saturated rings. The summed E-state index contributed by atoms with van der Waals surface area (Å²) in [5.74, 6) is 0. The summed E-state index contributed by atoms with van der Waals surface area (Å²) >= 11 is 0. The van der Waals surface area contributed by atoms with Crippen LogP contribution >= 0.6 is 0 Å². The van der Waals surface area contributed by atoms with Crippen LogP contribution in [0.3, 0.4) is 0 Å². The Balaban J connectivity index is 4.28. The van der Waals surface area contributed by atoms with Crippen molar-refractivity contribution in [3.63, 3.8) is 0 Å². The third kappa shape index (κ3) is 13.9. The summed E-state index contributed by atoms with van der Waals surface area (Å²) in [6.07, 6.45) is 3.86. The van der Waals surface area contributed by atoms with E-state index in [2.05, 4.69) is 13.8 Å². The molecule has 0 saturated carbocycles. The minimum Gasteiger partial charge on any atom is -0.396 e. The molecule has 6 heteroatoms. The average Bonchev–Trinajstić information content (AvgIpc) is 2.61. The largest absolute Gasteiger partial charge is 0.396 e. The Bertz CT molecular complexity index is 287. The van der Waals surface area contributed by atoms with Crippen LogP contribution in [0.2, 0.25) is 0 Å². The number of ether oxygens (including phenoxy) is 4. The molecule has 0 bridgehead atoms. The molecule has 0 aromatic heterocycles. The molecule has 0 heterocycles. The number of hydrogen-bond acceptors (Lipinski definition) is 6. The molecule has 0 radical (unpaired) electrons. The van der Waals surface area contributed by atoms with E-state index in [1.54, 1.807) is 6.92 Å². The molecule has 0 rings (SSSR count). The van der Waals surface area contributed by atoms with Crippen molar-refractivity contribution >= 4 is 0 Å². The summed E-state index contributed by atoms with van der Waals surface area (Å²) in [5, 5.41) is 19.5. The van der Waals surface area contributed by atoms with Crippen molar-refractivity contribution in [2.45, 2.75) is 90.6 Å². The van der Waals surface area contributed by atoms with Gasteiger partial charge in [0.25, 0.3) is 0 Å². The van der Waals surface area contributed by atoms with Crippen LogP contribution in [0.15, 0.2) is 0 Å². The van der Waals surface area contributed by atoms with E-state index < -0.39 is 12.2 Å². The van der Waals surface area contributed by atoms with E-state index in [4.69, 9.17) is 18.9 Å². The van der Waals surface area contributed by atoms with Crippen molar-refractivity contribution < 1.29 is 29.2 Å². The van der Waals surface area contributed by atoms with Gasteiger partial charge in [-0.3, -0.25) is 0 Å². The highest BCUT2D eigenvalue weighted by atomic mass is 16.6. The Morgan fingerprint density at radius 3 is 2.04 bits per heavy atom. The fraction of sp³-hybridized carbons (Fsp3) is 1.00. The first kappa shape index (κ1) is 25.8. The van der Waals surface area contributed by atoms with Gasteiger partial charge in [0, 0.05) is 33.0 Å². The smallest absolute Gasteiger partial charge is 0.110 e. The maximum Gasteiger partial charge on any atom is 0.110 e. The van der Waals surface area contributed by atoms with Crippen LogP contribution in [0.25, 0.3) is 0 Å². The number of aliphatic hydroxyl groups is 2.